The third kappa shape index (κ3) is 3.29. The molecule has 1 saturated carbocycles. The van der Waals surface area contributed by atoms with E-state index >= 15 is 0 Å². The summed E-state index contributed by atoms with van der Waals surface area (Å²) in [4.78, 5) is 0. The third-order valence-electron chi connectivity index (χ3n) is 4.47. The van der Waals surface area contributed by atoms with E-state index < -0.39 is 5.82 Å². The minimum atomic E-state index is -0.414. The number of rotatable bonds is 3. The fourth-order valence-electron chi connectivity index (χ4n) is 3.13. The Morgan fingerprint density at radius 3 is 2.65 bits per heavy atom. The van der Waals surface area contributed by atoms with Crippen LogP contribution >= 0.6 is 23.2 Å². The molecular weight excluding hydrogens is 296 g/mol. The van der Waals surface area contributed by atoms with Crippen molar-refractivity contribution in [1.29, 1.82) is 0 Å². The van der Waals surface area contributed by atoms with Gasteiger partial charge in [-0.05, 0) is 37.3 Å². The molecule has 2 atom stereocenters. The molecule has 0 aliphatic heterocycles. The molecule has 112 valence electrons. The molecule has 0 aromatic heterocycles. The van der Waals surface area contributed by atoms with Crippen LogP contribution in [0, 0.1) is 11.2 Å². The molecular formula is C16H22Cl2FN. The molecule has 1 aliphatic rings. The highest BCUT2D eigenvalue weighted by Crippen LogP contribution is 2.38. The van der Waals surface area contributed by atoms with Gasteiger partial charge in [-0.3, -0.25) is 0 Å². The predicted octanol–water partition coefficient (Wildman–Crippen LogP) is 5.75. The molecule has 1 aliphatic carbocycles. The van der Waals surface area contributed by atoms with E-state index in [0.29, 0.717) is 16.6 Å². The van der Waals surface area contributed by atoms with Crippen molar-refractivity contribution in [2.75, 3.05) is 0 Å². The second-order valence-corrected chi connectivity index (χ2v) is 7.22. The topological polar surface area (TPSA) is 12.0 Å². The molecule has 2 unspecified atom stereocenters. The standard InChI is InChI=1S/C16H22Cl2FN/c1-10(14-11(17)7-8-12(19)15(14)18)20-13-6-4-5-9-16(13,2)3/h7-8,10,13,20H,4-6,9H2,1-3H3. The molecule has 4 heteroatoms. The molecule has 1 nitrogen and oxygen atoms in total. The highest BCUT2D eigenvalue weighted by molar-refractivity contribution is 6.36. The zero-order valence-electron chi connectivity index (χ0n) is 12.3. The average molecular weight is 318 g/mol. The second kappa shape index (κ2) is 6.21. The maximum Gasteiger partial charge on any atom is 0.142 e. The van der Waals surface area contributed by atoms with Gasteiger partial charge in [-0.1, -0.05) is 49.9 Å². The lowest BCUT2D eigenvalue weighted by Crippen LogP contribution is -2.45. The van der Waals surface area contributed by atoms with Gasteiger partial charge in [0.25, 0.3) is 0 Å². The molecule has 0 spiro atoms. The van der Waals surface area contributed by atoms with Crippen molar-refractivity contribution in [3.8, 4) is 0 Å². The van der Waals surface area contributed by atoms with E-state index in [-0.39, 0.29) is 16.5 Å². The van der Waals surface area contributed by atoms with E-state index in [4.69, 9.17) is 23.2 Å². The van der Waals surface area contributed by atoms with E-state index in [2.05, 4.69) is 19.2 Å². The summed E-state index contributed by atoms with van der Waals surface area (Å²) in [6, 6.07) is 3.23. The largest absolute Gasteiger partial charge is 0.307 e. The molecule has 1 aromatic rings. The molecule has 0 saturated heterocycles. The van der Waals surface area contributed by atoms with Crippen LogP contribution in [-0.4, -0.2) is 6.04 Å². The van der Waals surface area contributed by atoms with Gasteiger partial charge in [-0.25, -0.2) is 4.39 Å². The van der Waals surface area contributed by atoms with Gasteiger partial charge in [0.05, 0.1) is 5.02 Å². The van der Waals surface area contributed by atoms with Crippen LogP contribution in [0.25, 0.3) is 0 Å². The number of nitrogens with one attached hydrogen (secondary N) is 1. The number of hydrogen-bond donors (Lipinski definition) is 1. The lowest BCUT2D eigenvalue weighted by molar-refractivity contribution is 0.157. The Morgan fingerprint density at radius 1 is 1.30 bits per heavy atom. The molecule has 2 rings (SSSR count). The Labute approximate surface area is 130 Å². The number of halogens is 3. The van der Waals surface area contributed by atoms with Crippen LogP contribution in [0.5, 0.6) is 0 Å². The van der Waals surface area contributed by atoms with E-state index in [1.165, 1.54) is 25.3 Å². The van der Waals surface area contributed by atoms with Gasteiger partial charge in [0.15, 0.2) is 0 Å². The van der Waals surface area contributed by atoms with Crippen LogP contribution in [0.4, 0.5) is 4.39 Å². The smallest absolute Gasteiger partial charge is 0.142 e. The summed E-state index contributed by atoms with van der Waals surface area (Å²) in [6.45, 7) is 6.56. The van der Waals surface area contributed by atoms with Gasteiger partial charge in [-0.15, -0.1) is 0 Å². The fourth-order valence-corrected chi connectivity index (χ4v) is 3.83. The Balaban J connectivity index is 2.20. The van der Waals surface area contributed by atoms with Gasteiger partial charge in [0, 0.05) is 22.7 Å². The molecule has 0 bridgehead atoms. The SMILES string of the molecule is CC(NC1CCCCC1(C)C)c1c(Cl)ccc(F)c1Cl. The zero-order valence-corrected chi connectivity index (χ0v) is 13.8. The van der Waals surface area contributed by atoms with Crippen molar-refractivity contribution in [2.45, 2.75) is 58.5 Å². The molecule has 20 heavy (non-hydrogen) atoms. The Bertz CT molecular complexity index is 488. The van der Waals surface area contributed by atoms with Crippen molar-refractivity contribution in [1.82, 2.24) is 5.32 Å². The third-order valence-corrected chi connectivity index (χ3v) is 5.18. The van der Waals surface area contributed by atoms with Crippen LogP contribution in [0.3, 0.4) is 0 Å². The maximum atomic E-state index is 13.6. The maximum absolute atomic E-state index is 13.6. The van der Waals surface area contributed by atoms with Gasteiger partial charge in [0.2, 0.25) is 0 Å². The minimum Gasteiger partial charge on any atom is -0.307 e. The van der Waals surface area contributed by atoms with Crippen LogP contribution in [-0.2, 0) is 0 Å². The van der Waals surface area contributed by atoms with Gasteiger partial charge in [0.1, 0.15) is 5.82 Å². The summed E-state index contributed by atoms with van der Waals surface area (Å²) < 4.78 is 13.6. The first kappa shape index (κ1) is 16.1. The van der Waals surface area contributed by atoms with Gasteiger partial charge >= 0.3 is 0 Å². The highest BCUT2D eigenvalue weighted by Gasteiger charge is 2.33. The first-order chi connectivity index (χ1) is 9.33. The van der Waals surface area contributed by atoms with Crippen molar-refractivity contribution in [3.05, 3.63) is 33.6 Å². The Hall–Kier alpha value is -0.310. The van der Waals surface area contributed by atoms with Crippen LogP contribution in [0.15, 0.2) is 12.1 Å². The van der Waals surface area contributed by atoms with Crippen LogP contribution < -0.4 is 5.32 Å². The summed E-state index contributed by atoms with van der Waals surface area (Å²) in [7, 11) is 0. The monoisotopic (exact) mass is 317 g/mol. The Kier molecular flexibility index (Phi) is 4.99. The van der Waals surface area contributed by atoms with Crippen molar-refractivity contribution < 1.29 is 4.39 Å². The Morgan fingerprint density at radius 2 is 2.00 bits per heavy atom. The first-order valence-corrected chi connectivity index (χ1v) is 7.98. The lowest BCUT2D eigenvalue weighted by Gasteiger charge is -2.41. The quantitative estimate of drug-likeness (QED) is 0.700. The van der Waals surface area contributed by atoms with E-state index in [1.54, 1.807) is 6.07 Å². The zero-order chi connectivity index (χ0) is 14.9. The van der Waals surface area contributed by atoms with Gasteiger partial charge < -0.3 is 5.32 Å². The van der Waals surface area contributed by atoms with Crippen molar-refractivity contribution >= 4 is 23.2 Å². The summed E-state index contributed by atoms with van der Waals surface area (Å²) >= 11 is 12.3. The molecule has 1 N–H and O–H groups in total. The van der Waals surface area contributed by atoms with Gasteiger partial charge in [-0.2, -0.15) is 0 Å². The second-order valence-electron chi connectivity index (χ2n) is 6.43. The van der Waals surface area contributed by atoms with Crippen molar-refractivity contribution in [2.24, 2.45) is 5.41 Å². The summed E-state index contributed by atoms with van der Waals surface area (Å²) in [6.07, 6.45) is 4.86. The van der Waals surface area contributed by atoms with E-state index in [1.807, 2.05) is 6.92 Å². The average Bonchev–Trinajstić information content (AvgIpc) is 2.37. The lowest BCUT2D eigenvalue weighted by atomic mass is 9.73. The van der Waals surface area contributed by atoms with E-state index in [9.17, 15) is 4.39 Å². The first-order valence-electron chi connectivity index (χ1n) is 7.22. The van der Waals surface area contributed by atoms with Crippen molar-refractivity contribution in [3.63, 3.8) is 0 Å². The minimum absolute atomic E-state index is 0.0620. The van der Waals surface area contributed by atoms with E-state index in [0.717, 1.165) is 6.42 Å². The fraction of sp³-hybridized carbons (Fsp3) is 0.625. The predicted molar refractivity (Wildman–Crippen MR) is 84.0 cm³/mol. The summed E-state index contributed by atoms with van der Waals surface area (Å²) in [5.41, 5.74) is 0.911. The highest BCUT2D eigenvalue weighted by atomic mass is 35.5. The molecule has 0 radical (unpaired) electrons. The van der Waals surface area contributed by atoms with Crippen LogP contribution in [0.2, 0.25) is 10.0 Å². The molecule has 0 heterocycles. The summed E-state index contributed by atoms with van der Waals surface area (Å²) in [5.74, 6) is -0.414. The molecule has 1 aromatic carbocycles. The normalized spacial score (nSPS) is 23.6. The number of benzene rings is 1. The number of hydrogen-bond acceptors (Lipinski definition) is 1. The molecule has 1 fully saturated rings. The summed E-state index contributed by atoms with van der Waals surface area (Å²) in [5, 5.41) is 4.25. The molecule has 0 amide bonds. The van der Waals surface area contributed by atoms with Crippen LogP contribution in [0.1, 0.15) is 58.1 Å².